The third-order valence-corrected chi connectivity index (χ3v) is 3.97. The number of hydrogen-bond donors (Lipinski definition) is 1. The van der Waals surface area contributed by atoms with Crippen molar-refractivity contribution in [1.82, 2.24) is 0 Å². The molecule has 0 atom stereocenters. The van der Waals surface area contributed by atoms with Crippen molar-refractivity contribution in [3.8, 4) is 17.2 Å². The molecule has 2 aromatic carbocycles. The summed E-state index contributed by atoms with van der Waals surface area (Å²) in [4.78, 5) is 12.6. The summed E-state index contributed by atoms with van der Waals surface area (Å²) in [5.41, 5.74) is 1.69. The zero-order chi connectivity index (χ0) is 18.0. The van der Waals surface area contributed by atoms with E-state index < -0.39 is 0 Å². The number of benzene rings is 2. The first-order valence-electron chi connectivity index (χ1n) is 8.00. The highest BCUT2D eigenvalue weighted by Gasteiger charge is 2.26. The molecule has 0 bridgehead atoms. The monoisotopic (exact) mass is 336 g/mol. The van der Waals surface area contributed by atoms with E-state index in [0.717, 1.165) is 11.1 Å². The van der Waals surface area contributed by atoms with E-state index in [-0.39, 0.29) is 17.1 Å². The van der Waals surface area contributed by atoms with Crippen molar-refractivity contribution in [2.45, 2.75) is 19.4 Å². The molecule has 0 radical (unpaired) electrons. The fourth-order valence-electron chi connectivity index (χ4n) is 2.69. The number of ether oxygens (including phenoxy) is 2. The van der Waals surface area contributed by atoms with Gasteiger partial charge in [0.25, 0.3) is 0 Å². The number of hydrogen-bond acceptors (Lipinski definition) is 4. The van der Waals surface area contributed by atoms with Crippen LogP contribution < -0.4 is 9.47 Å². The molecule has 0 amide bonds. The predicted molar refractivity (Wildman–Crippen MR) is 98.2 cm³/mol. The SMILES string of the molecule is COc1c(C(=O)/C=C/c2ccc(O)cc2)ccc2c1C=CC(C)(C)O2. The summed E-state index contributed by atoms with van der Waals surface area (Å²) in [6.45, 7) is 3.94. The minimum absolute atomic E-state index is 0.161. The van der Waals surface area contributed by atoms with Crippen molar-refractivity contribution in [3.05, 3.63) is 65.2 Å². The lowest BCUT2D eigenvalue weighted by Gasteiger charge is -2.29. The highest BCUT2D eigenvalue weighted by molar-refractivity contribution is 6.09. The van der Waals surface area contributed by atoms with E-state index in [4.69, 9.17) is 9.47 Å². The average molecular weight is 336 g/mol. The number of ketones is 1. The standard InChI is InChI=1S/C21H20O4/c1-21(2)13-12-17-19(25-21)11-9-16(20(17)24-3)18(23)10-6-14-4-7-15(22)8-5-14/h4-13,22H,1-3H3/b10-6+. The van der Waals surface area contributed by atoms with E-state index in [0.29, 0.717) is 17.1 Å². The second-order valence-electron chi connectivity index (χ2n) is 6.39. The van der Waals surface area contributed by atoms with Crippen LogP contribution in [0, 0.1) is 0 Å². The van der Waals surface area contributed by atoms with Gasteiger partial charge in [0.2, 0.25) is 0 Å². The zero-order valence-electron chi connectivity index (χ0n) is 14.4. The molecule has 0 aromatic heterocycles. The molecular formula is C21H20O4. The molecule has 1 N–H and O–H groups in total. The number of allylic oxidation sites excluding steroid dienone is 1. The largest absolute Gasteiger partial charge is 0.508 e. The van der Waals surface area contributed by atoms with E-state index in [1.54, 1.807) is 49.6 Å². The first-order valence-corrected chi connectivity index (χ1v) is 8.00. The summed E-state index contributed by atoms with van der Waals surface area (Å²) >= 11 is 0. The zero-order valence-corrected chi connectivity index (χ0v) is 14.4. The maximum atomic E-state index is 12.6. The van der Waals surface area contributed by atoms with Crippen LogP contribution in [0.4, 0.5) is 0 Å². The normalized spacial score (nSPS) is 14.8. The Morgan fingerprint density at radius 2 is 1.88 bits per heavy atom. The van der Waals surface area contributed by atoms with E-state index >= 15 is 0 Å². The van der Waals surface area contributed by atoms with Crippen molar-refractivity contribution in [3.63, 3.8) is 0 Å². The molecule has 0 fully saturated rings. The first kappa shape index (κ1) is 16.8. The third kappa shape index (κ3) is 3.58. The van der Waals surface area contributed by atoms with Crippen LogP contribution in [-0.2, 0) is 0 Å². The molecule has 0 unspecified atom stereocenters. The fourth-order valence-corrected chi connectivity index (χ4v) is 2.69. The number of phenolic OH excluding ortho intramolecular Hbond substituents is 1. The van der Waals surface area contributed by atoms with Gasteiger partial charge in [0, 0.05) is 0 Å². The van der Waals surface area contributed by atoms with Gasteiger partial charge >= 0.3 is 0 Å². The van der Waals surface area contributed by atoms with Gasteiger partial charge < -0.3 is 14.6 Å². The topological polar surface area (TPSA) is 55.8 Å². The van der Waals surface area contributed by atoms with Crippen LogP contribution in [0.15, 0.2) is 48.6 Å². The molecule has 0 aliphatic carbocycles. The van der Waals surface area contributed by atoms with Gasteiger partial charge in [0.15, 0.2) is 5.78 Å². The van der Waals surface area contributed by atoms with E-state index in [9.17, 15) is 9.90 Å². The molecule has 2 aromatic rings. The Morgan fingerprint density at radius 3 is 2.56 bits per heavy atom. The molecule has 4 heteroatoms. The minimum atomic E-state index is -0.387. The summed E-state index contributed by atoms with van der Waals surface area (Å²) in [5.74, 6) is 1.23. The van der Waals surface area contributed by atoms with Gasteiger partial charge in [-0.3, -0.25) is 4.79 Å². The number of rotatable bonds is 4. The quantitative estimate of drug-likeness (QED) is 0.660. The van der Waals surface area contributed by atoms with Crippen molar-refractivity contribution < 1.29 is 19.4 Å². The van der Waals surface area contributed by atoms with Crippen LogP contribution in [0.1, 0.15) is 35.3 Å². The average Bonchev–Trinajstić information content (AvgIpc) is 2.59. The molecule has 4 nitrogen and oxygen atoms in total. The molecule has 1 aliphatic rings. The van der Waals surface area contributed by atoms with Gasteiger partial charge in [-0.25, -0.2) is 0 Å². The van der Waals surface area contributed by atoms with Crippen molar-refractivity contribution in [2.24, 2.45) is 0 Å². The Balaban J connectivity index is 1.92. The summed E-state index contributed by atoms with van der Waals surface area (Å²) in [6, 6.07) is 10.1. The molecular weight excluding hydrogens is 316 g/mol. The van der Waals surface area contributed by atoms with Gasteiger partial charge in [0.1, 0.15) is 22.8 Å². The maximum absolute atomic E-state index is 12.6. The van der Waals surface area contributed by atoms with Crippen molar-refractivity contribution in [2.75, 3.05) is 7.11 Å². The lowest BCUT2D eigenvalue weighted by atomic mass is 9.98. The smallest absolute Gasteiger partial charge is 0.189 e. The highest BCUT2D eigenvalue weighted by Crippen LogP contribution is 2.39. The lowest BCUT2D eigenvalue weighted by Crippen LogP contribution is -2.27. The van der Waals surface area contributed by atoms with Gasteiger partial charge in [-0.2, -0.15) is 0 Å². The third-order valence-electron chi connectivity index (χ3n) is 3.97. The number of carbonyl (C=O) groups is 1. The second kappa shape index (κ2) is 6.48. The lowest BCUT2D eigenvalue weighted by molar-refractivity contribution is 0.104. The molecule has 0 saturated heterocycles. The molecule has 1 heterocycles. The Morgan fingerprint density at radius 1 is 1.16 bits per heavy atom. The molecule has 1 aliphatic heterocycles. The fraction of sp³-hybridized carbons (Fsp3) is 0.190. The molecule has 0 saturated carbocycles. The summed E-state index contributed by atoms with van der Waals surface area (Å²) in [7, 11) is 1.55. The van der Waals surface area contributed by atoms with Crippen molar-refractivity contribution in [1.29, 1.82) is 0 Å². The number of aromatic hydroxyl groups is 1. The van der Waals surface area contributed by atoms with Crippen LogP contribution >= 0.6 is 0 Å². The summed E-state index contributed by atoms with van der Waals surface area (Å²) in [5, 5.41) is 9.30. The number of fused-ring (bicyclic) bond motifs is 1. The highest BCUT2D eigenvalue weighted by atomic mass is 16.5. The van der Waals surface area contributed by atoms with Crippen LogP contribution in [0.25, 0.3) is 12.2 Å². The van der Waals surface area contributed by atoms with Crippen molar-refractivity contribution >= 4 is 17.9 Å². The van der Waals surface area contributed by atoms with Gasteiger partial charge in [-0.1, -0.05) is 18.2 Å². The Kier molecular flexibility index (Phi) is 4.36. The van der Waals surface area contributed by atoms with E-state index in [1.165, 1.54) is 6.08 Å². The molecule has 0 spiro atoms. The minimum Gasteiger partial charge on any atom is -0.508 e. The molecule has 128 valence electrons. The molecule has 3 rings (SSSR count). The van der Waals surface area contributed by atoms with Crippen LogP contribution in [0.5, 0.6) is 17.2 Å². The first-order chi connectivity index (χ1) is 11.9. The van der Waals surface area contributed by atoms with E-state index in [1.807, 2.05) is 26.0 Å². The van der Waals surface area contributed by atoms with Gasteiger partial charge in [-0.05, 0) is 61.9 Å². The van der Waals surface area contributed by atoms with Gasteiger partial charge in [-0.15, -0.1) is 0 Å². The van der Waals surface area contributed by atoms with Crippen LogP contribution in [0.3, 0.4) is 0 Å². The molecule has 25 heavy (non-hydrogen) atoms. The number of phenols is 1. The Hall–Kier alpha value is -3.01. The van der Waals surface area contributed by atoms with Crippen LogP contribution in [-0.4, -0.2) is 23.6 Å². The maximum Gasteiger partial charge on any atom is 0.189 e. The number of methoxy groups -OCH3 is 1. The number of carbonyl (C=O) groups excluding carboxylic acids is 1. The Bertz CT molecular complexity index is 858. The predicted octanol–water partition coefficient (Wildman–Crippen LogP) is 4.48. The second-order valence-corrected chi connectivity index (χ2v) is 6.39. The van der Waals surface area contributed by atoms with Crippen LogP contribution in [0.2, 0.25) is 0 Å². The summed E-state index contributed by atoms with van der Waals surface area (Å²) in [6.07, 6.45) is 7.07. The van der Waals surface area contributed by atoms with E-state index in [2.05, 4.69) is 0 Å². The Labute approximate surface area is 147 Å². The summed E-state index contributed by atoms with van der Waals surface area (Å²) < 4.78 is 11.4. The van der Waals surface area contributed by atoms with Gasteiger partial charge in [0.05, 0.1) is 18.2 Å².